The van der Waals surface area contributed by atoms with Gasteiger partial charge in [-0.1, -0.05) is 78.9 Å². The second-order valence-electron chi connectivity index (χ2n) is 7.44. The second-order valence-corrected chi connectivity index (χ2v) is 7.44. The van der Waals surface area contributed by atoms with Gasteiger partial charge in [0.2, 0.25) is 0 Å². The van der Waals surface area contributed by atoms with Crippen molar-refractivity contribution in [1.82, 2.24) is 0 Å². The number of hydrogen-bond acceptors (Lipinski definition) is 3. The lowest BCUT2D eigenvalue weighted by Gasteiger charge is -2.18. The summed E-state index contributed by atoms with van der Waals surface area (Å²) in [5.74, 6) is 1.74. The lowest BCUT2D eigenvalue weighted by atomic mass is 9.92. The van der Waals surface area contributed by atoms with Crippen molar-refractivity contribution in [2.24, 2.45) is 0 Å². The van der Waals surface area contributed by atoms with E-state index in [-0.39, 0.29) is 5.75 Å². The molecule has 5 aromatic rings. The molecular weight excluding hydrogens is 384 g/mol. The largest absolute Gasteiger partial charge is 0.507 e. The van der Waals surface area contributed by atoms with E-state index in [0.29, 0.717) is 6.61 Å². The highest BCUT2D eigenvalue weighted by Crippen LogP contribution is 2.45. The fourth-order valence-electron chi connectivity index (χ4n) is 4.13. The van der Waals surface area contributed by atoms with Crippen LogP contribution in [-0.2, 0) is 6.61 Å². The third kappa shape index (κ3) is 3.44. The van der Waals surface area contributed by atoms with Crippen molar-refractivity contribution in [3.63, 3.8) is 0 Å². The predicted octanol–water partition coefficient (Wildman–Crippen LogP) is 6.95. The molecule has 0 fully saturated rings. The van der Waals surface area contributed by atoms with E-state index in [9.17, 15) is 5.11 Å². The van der Waals surface area contributed by atoms with Crippen molar-refractivity contribution < 1.29 is 14.6 Å². The highest BCUT2D eigenvalue weighted by atomic mass is 16.5. The maximum Gasteiger partial charge on any atom is 0.128 e. The molecule has 31 heavy (non-hydrogen) atoms. The Bertz CT molecular complexity index is 1390. The molecule has 0 spiro atoms. The van der Waals surface area contributed by atoms with Crippen LogP contribution in [0.5, 0.6) is 17.2 Å². The van der Waals surface area contributed by atoms with Crippen LogP contribution in [0.3, 0.4) is 0 Å². The lowest BCUT2D eigenvalue weighted by molar-refractivity contribution is 0.298. The molecule has 5 aromatic carbocycles. The van der Waals surface area contributed by atoms with Crippen LogP contribution in [0, 0.1) is 0 Å². The number of para-hydroxylation sites is 1. The van der Waals surface area contributed by atoms with Crippen molar-refractivity contribution in [2.45, 2.75) is 6.61 Å². The first kappa shape index (κ1) is 19.0. The number of benzene rings is 5. The quantitative estimate of drug-likeness (QED) is 0.343. The Balaban J connectivity index is 1.72. The molecule has 5 rings (SSSR count). The highest BCUT2D eigenvalue weighted by Gasteiger charge is 2.18. The Morgan fingerprint density at radius 2 is 1.23 bits per heavy atom. The van der Waals surface area contributed by atoms with Gasteiger partial charge in [-0.25, -0.2) is 0 Å². The summed E-state index contributed by atoms with van der Waals surface area (Å²) in [5.41, 5.74) is 2.64. The number of hydrogen-bond donors (Lipinski definition) is 1. The number of aromatic hydroxyl groups is 1. The van der Waals surface area contributed by atoms with Crippen LogP contribution in [0.15, 0.2) is 97.1 Å². The summed E-state index contributed by atoms with van der Waals surface area (Å²) < 4.78 is 11.8. The molecule has 3 heteroatoms. The van der Waals surface area contributed by atoms with Crippen molar-refractivity contribution in [3.05, 3.63) is 103 Å². The smallest absolute Gasteiger partial charge is 0.128 e. The van der Waals surface area contributed by atoms with E-state index in [1.54, 1.807) is 13.2 Å². The average molecular weight is 406 g/mol. The van der Waals surface area contributed by atoms with Gasteiger partial charge < -0.3 is 14.6 Å². The topological polar surface area (TPSA) is 38.7 Å². The molecule has 0 aliphatic heterocycles. The number of phenolic OH excluding ortho intramolecular Hbond substituents is 1. The van der Waals surface area contributed by atoms with E-state index in [1.807, 2.05) is 66.7 Å². The number of fused-ring (bicyclic) bond motifs is 2. The number of phenols is 1. The molecule has 0 aliphatic rings. The van der Waals surface area contributed by atoms with Crippen molar-refractivity contribution in [1.29, 1.82) is 0 Å². The summed E-state index contributed by atoms with van der Waals surface area (Å²) in [4.78, 5) is 0. The first-order valence-corrected chi connectivity index (χ1v) is 10.2. The monoisotopic (exact) mass is 406 g/mol. The summed E-state index contributed by atoms with van der Waals surface area (Å²) in [6, 6.07) is 31.8. The van der Waals surface area contributed by atoms with Crippen LogP contribution < -0.4 is 9.47 Å². The maximum absolute atomic E-state index is 10.9. The van der Waals surface area contributed by atoms with Crippen molar-refractivity contribution in [3.8, 4) is 28.4 Å². The SMILES string of the molecule is COc1ccccc1COc1ccc2ccccc2c1-c1c(O)ccc2ccccc12. The van der Waals surface area contributed by atoms with Gasteiger partial charge in [-0.2, -0.15) is 0 Å². The maximum atomic E-state index is 10.9. The van der Waals surface area contributed by atoms with Gasteiger partial charge in [-0.15, -0.1) is 0 Å². The molecule has 152 valence electrons. The van der Waals surface area contributed by atoms with Crippen LogP contribution >= 0.6 is 0 Å². The minimum absolute atomic E-state index is 0.234. The molecule has 0 amide bonds. The molecule has 0 bridgehead atoms. The van der Waals surface area contributed by atoms with Gasteiger partial charge in [0.25, 0.3) is 0 Å². The summed E-state index contributed by atoms with van der Waals surface area (Å²) in [7, 11) is 1.66. The van der Waals surface area contributed by atoms with Gasteiger partial charge in [0.15, 0.2) is 0 Å². The summed E-state index contributed by atoms with van der Waals surface area (Å²) in [6.45, 7) is 0.362. The van der Waals surface area contributed by atoms with Crippen molar-refractivity contribution >= 4 is 21.5 Å². The number of rotatable bonds is 5. The minimum atomic E-state index is 0.234. The Morgan fingerprint density at radius 1 is 0.613 bits per heavy atom. The van der Waals surface area contributed by atoms with E-state index < -0.39 is 0 Å². The molecule has 0 aromatic heterocycles. The van der Waals surface area contributed by atoms with Gasteiger partial charge in [-0.05, 0) is 39.7 Å². The van der Waals surface area contributed by atoms with Crippen LogP contribution in [-0.4, -0.2) is 12.2 Å². The predicted molar refractivity (Wildman–Crippen MR) is 126 cm³/mol. The molecule has 0 heterocycles. The van der Waals surface area contributed by atoms with E-state index >= 15 is 0 Å². The lowest BCUT2D eigenvalue weighted by Crippen LogP contribution is -2.00. The first-order valence-electron chi connectivity index (χ1n) is 10.2. The van der Waals surface area contributed by atoms with Gasteiger partial charge in [0, 0.05) is 16.7 Å². The van der Waals surface area contributed by atoms with E-state index in [2.05, 4.69) is 24.3 Å². The van der Waals surface area contributed by atoms with E-state index in [4.69, 9.17) is 9.47 Å². The molecule has 0 radical (unpaired) electrons. The van der Waals surface area contributed by atoms with Crippen LogP contribution in [0.25, 0.3) is 32.7 Å². The molecule has 0 saturated carbocycles. The molecule has 0 aliphatic carbocycles. The second kappa shape index (κ2) is 8.04. The summed E-state index contributed by atoms with van der Waals surface area (Å²) in [5, 5.41) is 15.1. The highest BCUT2D eigenvalue weighted by molar-refractivity contribution is 6.09. The van der Waals surface area contributed by atoms with Crippen LogP contribution in [0.4, 0.5) is 0 Å². The van der Waals surface area contributed by atoms with Gasteiger partial charge in [0.1, 0.15) is 23.9 Å². The minimum Gasteiger partial charge on any atom is -0.507 e. The molecule has 0 atom stereocenters. The third-order valence-corrected chi connectivity index (χ3v) is 5.62. The van der Waals surface area contributed by atoms with E-state index in [0.717, 1.165) is 49.7 Å². The van der Waals surface area contributed by atoms with Gasteiger partial charge in [-0.3, -0.25) is 0 Å². The molecule has 3 nitrogen and oxygen atoms in total. The van der Waals surface area contributed by atoms with Crippen LogP contribution in [0.1, 0.15) is 5.56 Å². The molecule has 0 saturated heterocycles. The zero-order valence-electron chi connectivity index (χ0n) is 17.2. The zero-order valence-corrected chi connectivity index (χ0v) is 17.2. The third-order valence-electron chi connectivity index (χ3n) is 5.62. The molecular formula is C28H22O3. The Kier molecular flexibility index (Phi) is 4.93. The molecule has 1 N–H and O–H groups in total. The van der Waals surface area contributed by atoms with Crippen molar-refractivity contribution in [2.75, 3.05) is 7.11 Å². The van der Waals surface area contributed by atoms with E-state index in [1.165, 1.54) is 0 Å². The number of methoxy groups -OCH3 is 1. The standard InChI is InChI=1S/C28H22O3/c1-30-25-13-7-4-10-21(25)18-31-26-17-15-20-9-3-6-12-23(20)28(26)27-22-11-5-2-8-19(22)14-16-24(27)29/h2-17,29H,18H2,1H3. The normalized spacial score (nSPS) is 11.0. The Labute approximate surface area is 181 Å². The average Bonchev–Trinajstić information content (AvgIpc) is 2.83. The van der Waals surface area contributed by atoms with Gasteiger partial charge >= 0.3 is 0 Å². The number of ether oxygens (including phenoxy) is 2. The first-order chi connectivity index (χ1) is 15.3. The summed E-state index contributed by atoms with van der Waals surface area (Å²) >= 11 is 0. The van der Waals surface area contributed by atoms with Gasteiger partial charge in [0.05, 0.1) is 7.11 Å². The molecule has 0 unspecified atom stereocenters. The Morgan fingerprint density at radius 3 is 1.97 bits per heavy atom. The Hall–Kier alpha value is -3.98. The summed E-state index contributed by atoms with van der Waals surface area (Å²) in [6.07, 6.45) is 0. The zero-order chi connectivity index (χ0) is 21.2. The fourth-order valence-corrected chi connectivity index (χ4v) is 4.13. The fraction of sp³-hybridized carbons (Fsp3) is 0.0714. The van der Waals surface area contributed by atoms with Crippen LogP contribution in [0.2, 0.25) is 0 Å².